The van der Waals surface area contributed by atoms with E-state index in [2.05, 4.69) is 210 Å². The average Bonchev–Trinajstić information content (AvgIpc) is 3.92. The van der Waals surface area contributed by atoms with Crippen molar-refractivity contribution in [3.05, 3.63) is 218 Å². The highest BCUT2D eigenvalue weighted by molar-refractivity contribution is 7.26. The Bertz CT molecular complexity index is 3750. The molecule has 0 N–H and O–H groups in total. The Morgan fingerprint density at radius 3 is 1.69 bits per heavy atom. The number of fused-ring (bicyclic) bond motifs is 9. The van der Waals surface area contributed by atoms with Gasteiger partial charge in [0.15, 0.2) is 23.0 Å². The number of para-hydroxylation sites is 2. The minimum absolute atomic E-state index is 0.666. The lowest BCUT2D eigenvalue weighted by molar-refractivity contribution is 0.360. The molecule has 0 radical (unpaired) electrons. The van der Waals surface area contributed by atoms with Gasteiger partial charge in [0.05, 0.1) is 11.4 Å². The van der Waals surface area contributed by atoms with Crippen LogP contribution >= 0.6 is 22.7 Å². The number of benzene rings is 10. The predicted octanol–water partition coefficient (Wildman–Crippen LogP) is 18.1. The van der Waals surface area contributed by atoms with Gasteiger partial charge in [0.2, 0.25) is 0 Å². The largest absolute Gasteiger partial charge is 0.449 e. The van der Waals surface area contributed by atoms with Crippen LogP contribution in [0.2, 0.25) is 0 Å². The van der Waals surface area contributed by atoms with Gasteiger partial charge in [-0.05, 0) is 107 Å². The second-order valence-electron chi connectivity index (χ2n) is 16.1. The summed E-state index contributed by atoms with van der Waals surface area (Å²) >= 11 is 3.70. The highest BCUT2D eigenvalue weighted by Gasteiger charge is 2.26. The van der Waals surface area contributed by atoms with Gasteiger partial charge in [0.25, 0.3) is 0 Å². The summed E-state index contributed by atoms with van der Waals surface area (Å²) in [4.78, 5) is 4.79. The molecule has 2 aromatic heterocycles. The third kappa shape index (κ3) is 6.10. The van der Waals surface area contributed by atoms with E-state index in [1.165, 1.54) is 51.5 Å². The Balaban J connectivity index is 1.06. The quantitative estimate of drug-likeness (QED) is 0.159. The van der Waals surface area contributed by atoms with E-state index in [0.717, 1.165) is 44.9 Å². The molecular formula is C58H36N2O2S2. The summed E-state index contributed by atoms with van der Waals surface area (Å²) in [5.74, 6) is 2.76. The molecular weight excluding hydrogens is 821 g/mol. The molecule has 0 saturated carbocycles. The molecule has 64 heavy (non-hydrogen) atoms. The Morgan fingerprint density at radius 2 is 0.922 bits per heavy atom. The standard InChI is InChI=1S/C58H36N2O2S2/c1-4-15-37(16-5-1)45-24-14-25-47-57-49(60(41-21-8-3-9-22-41)42-28-30-55-48(33-42)46-23-12-13-26-54(46)63-55)34-44(36-56(57)64-58(45)47)59(40-19-6-2-7-20-40)43-27-29-50-53(35-43)62-52-32-39-18-11-10-17-38(39)31-51(52)61-50/h1-36H. The Morgan fingerprint density at radius 1 is 0.328 bits per heavy atom. The van der Waals surface area contributed by atoms with E-state index in [-0.39, 0.29) is 0 Å². The maximum atomic E-state index is 6.69. The van der Waals surface area contributed by atoms with E-state index >= 15 is 0 Å². The fraction of sp³-hybridized carbons (Fsp3) is 0. The zero-order valence-corrected chi connectivity index (χ0v) is 35.9. The molecule has 3 heterocycles. The van der Waals surface area contributed by atoms with Crippen LogP contribution in [-0.4, -0.2) is 0 Å². The SMILES string of the molecule is c1ccc(-c2cccc3c2sc2cc(N(c4ccccc4)c4ccc5c(c4)Oc4cc6ccccc6cc4O5)cc(N(c4ccccc4)c4ccc5sc6ccccc6c5c4)c23)cc1. The molecule has 0 saturated heterocycles. The first-order valence-corrected chi connectivity index (χ1v) is 23.0. The number of nitrogens with zero attached hydrogens (tertiary/aromatic N) is 2. The summed E-state index contributed by atoms with van der Waals surface area (Å²) in [6.07, 6.45) is 0. The van der Waals surface area contributed by atoms with Crippen molar-refractivity contribution in [1.29, 1.82) is 0 Å². The third-order valence-electron chi connectivity index (χ3n) is 12.2. The first kappa shape index (κ1) is 36.7. The van der Waals surface area contributed by atoms with Crippen molar-refractivity contribution >= 4 is 108 Å². The van der Waals surface area contributed by atoms with E-state index in [1.807, 2.05) is 40.9 Å². The molecule has 0 spiro atoms. The molecule has 0 aliphatic carbocycles. The van der Waals surface area contributed by atoms with Crippen LogP contribution in [0.5, 0.6) is 23.0 Å². The van der Waals surface area contributed by atoms with E-state index in [9.17, 15) is 0 Å². The van der Waals surface area contributed by atoms with E-state index in [1.54, 1.807) is 0 Å². The smallest absolute Gasteiger partial charge is 0.172 e. The molecule has 6 heteroatoms. The molecule has 0 bridgehead atoms. The normalized spacial score (nSPS) is 12.0. The minimum Gasteiger partial charge on any atom is -0.449 e. The second-order valence-corrected chi connectivity index (χ2v) is 18.2. The van der Waals surface area contributed by atoms with Gasteiger partial charge in [0, 0.05) is 69.2 Å². The van der Waals surface area contributed by atoms with Crippen LogP contribution in [-0.2, 0) is 0 Å². The van der Waals surface area contributed by atoms with Crippen LogP contribution < -0.4 is 19.3 Å². The Labute approximate surface area is 377 Å². The van der Waals surface area contributed by atoms with Crippen LogP contribution in [0.25, 0.3) is 62.2 Å². The topological polar surface area (TPSA) is 24.9 Å². The van der Waals surface area contributed by atoms with Gasteiger partial charge < -0.3 is 19.3 Å². The van der Waals surface area contributed by atoms with Crippen LogP contribution in [0.15, 0.2) is 218 Å². The van der Waals surface area contributed by atoms with Crippen LogP contribution in [0, 0.1) is 0 Å². The number of hydrogen-bond acceptors (Lipinski definition) is 6. The fourth-order valence-corrected chi connectivity index (χ4v) is 11.7. The average molecular weight is 857 g/mol. The van der Waals surface area contributed by atoms with Gasteiger partial charge in [-0.15, -0.1) is 22.7 Å². The highest BCUT2D eigenvalue weighted by Crippen LogP contribution is 2.53. The van der Waals surface area contributed by atoms with Crippen molar-refractivity contribution in [1.82, 2.24) is 0 Å². The van der Waals surface area contributed by atoms with Gasteiger partial charge in [-0.2, -0.15) is 0 Å². The predicted molar refractivity (Wildman–Crippen MR) is 271 cm³/mol. The first-order chi connectivity index (χ1) is 31.7. The minimum atomic E-state index is 0.666. The fourth-order valence-electron chi connectivity index (χ4n) is 9.32. The van der Waals surface area contributed by atoms with Crippen molar-refractivity contribution in [3.63, 3.8) is 0 Å². The summed E-state index contributed by atoms with van der Waals surface area (Å²) < 4.78 is 18.2. The van der Waals surface area contributed by atoms with E-state index < -0.39 is 0 Å². The lowest BCUT2D eigenvalue weighted by atomic mass is 10.0. The second kappa shape index (κ2) is 14.9. The number of ether oxygens (including phenoxy) is 2. The molecule has 0 fully saturated rings. The molecule has 0 unspecified atom stereocenters. The molecule has 1 aliphatic rings. The van der Waals surface area contributed by atoms with Gasteiger partial charge >= 0.3 is 0 Å². The molecule has 12 aromatic rings. The third-order valence-corrected chi connectivity index (χ3v) is 14.6. The summed E-state index contributed by atoms with van der Waals surface area (Å²) in [6.45, 7) is 0. The number of hydrogen-bond donors (Lipinski definition) is 0. The molecule has 302 valence electrons. The van der Waals surface area contributed by atoms with Crippen molar-refractivity contribution in [2.24, 2.45) is 0 Å². The monoisotopic (exact) mass is 856 g/mol. The highest BCUT2D eigenvalue weighted by atomic mass is 32.1. The van der Waals surface area contributed by atoms with Crippen LogP contribution in [0.4, 0.5) is 34.1 Å². The molecule has 10 aromatic carbocycles. The van der Waals surface area contributed by atoms with Crippen molar-refractivity contribution in [2.45, 2.75) is 0 Å². The molecule has 0 atom stereocenters. The van der Waals surface area contributed by atoms with Crippen molar-refractivity contribution in [3.8, 4) is 34.1 Å². The van der Waals surface area contributed by atoms with Gasteiger partial charge in [-0.25, -0.2) is 0 Å². The first-order valence-electron chi connectivity index (χ1n) is 21.4. The van der Waals surface area contributed by atoms with Gasteiger partial charge in [-0.1, -0.05) is 127 Å². The maximum Gasteiger partial charge on any atom is 0.172 e. The van der Waals surface area contributed by atoms with Crippen molar-refractivity contribution in [2.75, 3.05) is 9.80 Å². The molecule has 0 amide bonds. The summed E-state index contributed by atoms with van der Waals surface area (Å²) in [7, 11) is 0. The van der Waals surface area contributed by atoms with Crippen molar-refractivity contribution < 1.29 is 9.47 Å². The Kier molecular flexibility index (Phi) is 8.54. The van der Waals surface area contributed by atoms with Crippen LogP contribution in [0.3, 0.4) is 0 Å². The lowest BCUT2D eigenvalue weighted by Crippen LogP contribution is -2.14. The van der Waals surface area contributed by atoms with E-state index in [0.29, 0.717) is 23.0 Å². The lowest BCUT2D eigenvalue weighted by Gasteiger charge is -2.31. The van der Waals surface area contributed by atoms with Gasteiger partial charge in [0.1, 0.15) is 0 Å². The zero-order valence-electron chi connectivity index (χ0n) is 34.3. The number of rotatable bonds is 7. The van der Waals surface area contributed by atoms with E-state index in [4.69, 9.17) is 9.47 Å². The zero-order chi connectivity index (χ0) is 42.1. The number of anilines is 6. The molecule has 4 nitrogen and oxygen atoms in total. The van der Waals surface area contributed by atoms with Gasteiger partial charge in [-0.3, -0.25) is 0 Å². The van der Waals surface area contributed by atoms with Crippen LogP contribution in [0.1, 0.15) is 0 Å². The molecule has 13 rings (SSSR count). The summed E-state index contributed by atoms with van der Waals surface area (Å²) in [5, 5.41) is 7.17. The number of thiophene rings is 2. The maximum absolute atomic E-state index is 6.69. The summed E-state index contributed by atoms with van der Waals surface area (Å²) in [6, 6.07) is 78.0. The summed E-state index contributed by atoms with van der Waals surface area (Å²) in [5.41, 5.74) is 8.69. The Hall–Kier alpha value is -7.90. The molecule has 1 aliphatic heterocycles.